The monoisotopic (exact) mass is 772 g/mol. The van der Waals surface area contributed by atoms with Crippen molar-refractivity contribution in [2.75, 3.05) is 52.2 Å². The standard InChI is InChI=1S/C42H36Cl4N2O4/c1-47(2)29-17-13-25(14-18-29)33(27-9-7-11-31(21-27)50-5)23-42(36-35(41(49)52-42)37(43)39(45)40(46)38(36)44)24-34(28-10-8-12-32(22-28)51-6)26-15-19-30(20-16-26)48(3)4/h7-24H,1-6H3. The van der Waals surface area contributed by atoms with Gasteiger partial charge in [-0.25, -0.2) is 4.79 Å². The van der Waals surface area contributed by atoms with Crippen LogP contribution in [0.2, 0.25) is 20.1 Å². The summed E-state index contributed by atoms with van der Waals surface area (Å²) in [6.45, 7) is 0. The number of halogens is 4. The summed E-state index contributed by atoms with van der Waals surface area (Å²) in [7, 11) is 11.2. The first-order valence-corrected chi connectivity index (χ1v) is 17.8. The van der Waals surface area contributed by atoms with Crippen LogP contribution in [0.5, 0.6) is 11.5 Å². The fourth-order valence-electron chi connectivity index (χ4n) is 6.25. The Hall–Kier alpha value is -4.59. The number of cyclic esters (lactones) is 1. The van der Waals surface area contributed by atoms with E-state index in [1.165, 1.54) is 0 Å². The predicted molar refractivity (Wildman–Crippen MR) is 215 cm³/mol. The second kappa shape index (κ2) is 15.2. The van der Waals surface area contributed by atoms with E-state index in [2.05, 4.69) is 0 Å². The number of fused-ring (bicyclic) bond motifs is 1. The van der Waals surface area contributed by atoms with E-state index in [1.807, 2.05) is 147 Å². The summed E-state index contributed by atoms with van der Waals surface area (Å²) in [6.07, 6.45) is 3.77. The largest absolute Gasteiger partial charge is 0.497 e. The number of methoxy groups -OCH3 is 2. The van der Waals surface area contributed by atoms with Crippen LogP contribution in [0.25, 0.3) is 11.1 Å². The molecule has 0 saturated heterocycles. The smallest absolute Gasteiger partial charge is 0.341 e. The van der Waals surface area contributed by atoms with E-state index in [-0.39, 0.29) is 31.2 Å². The van der Waals surface area contributed by atoms with Gasteiger partial charge in [-0.1, -0.05) is 94.9 Å². The zero-order chi connectivity index (χ0) is 37.3. The van der Waals surface area contributed by atoms with Crippen LogP contribution >= 0.6 is 46.4 Å². The van der Waals surface area contributed by atoms with Crippen LogP contribution in [0.3, 0.4) is 0 Å². The lowest BCUT2D eigenvalue weighted by atomic mass is 9.83. The molecule has 0 aliphatic carbocycles. The lowest BCUT2D eigenvalue weighted by Crippen LogP contribution is -2.23. The molecule has 0 amide bonds. The first-order chi connectivity index (χ1) is 24.9. The molecule has 10 heteroatoms. The van der Waals surface area contributed by atoms with Gasteiger partial charge >= 0.3 is 5.97 Å². The molecule has 1 aliphatic heterocycles. The number of hydrogen-bond acceptors (Lipinski definition) is 6. The maximum Gasteiger partial charge on any atom is 0.341 e. The summed E-state index contributed by atoms with van der Waals surface area (Å²) >= 11 is 27.2. The summed E-state index contributed by atoms with van der Waals surface area (Å²) in [5, 5.41) is -0.0259. The molecular weight excluding hydrogens is 738 g/mol. The number of ether oxygens (including phenoxy) is 3. The molecule has 0 aromatic heterocycles. The van der Waals surface area contributed by atoms with Crippen LogP contribution in [0.4, 0.5) is 11.4 Å². The molecule has 0 atom stereocenters. The molecule has 52 heavy (non-hydrogen) atoms. The Morgan fingerprint density at radius 2 is 1.02 bits per heavy atom. The van der Waals surface area contributed by atoms with Gasteiger partial charge in [-0.2, -0.15) is 0 Å². The first kappa shape index (κ1) is 37.2. The van der Waals surface area contributed by atoms with Crippen molar-refractivity contribution >= 4 is 74.9 Å². The second-order valence-electron chi connectivity index (χ2n) is 12.7. The SMILES string of the molecule is COc1cccc(C(=CC2(C=C(c3ccc(N(C)C)cc3)c3cccc(OC)c3)OC(=O)c3c(Cl)c(Cl)c(Cl)c(Cl)c32)c2ccc(N(C)C)cc2)c1. The number of anilines is 2. The van der Waals surface area contributed by atoms with Gasteiger partial charge in [-0.3, -0.25) is 0 Å². The second-order valence-corrected chi connectivity index (χ2v) is 14.2. The average Bonchev–Trinajstić information content (AvgIpc) is 3.45. The number of esters is 1. The van der Waals surface area contributed by atoms with Crippen molar-refractivity contribution in [3.8, 4) is 11.5 Å². The Labute approximate surface area is 324 Å². The van der Waals surface area contributed by atoms with E-state index in [9.17, 15) is 4.79 Å². The van der Waals surface area contributed by atoms with Crippen molar-refractivity contribution in [3.05, 3.63) is 163 Å². The number of benzene rings is 5. The molecule has 1 aliphatic rings. The molecular formula is C42H36Cl4N2O4. The molecule has 6 rings (SSSR count). The maximum absolute atomic E-state index is 14.1. The van der Waals surface area contributed by atoms with Gasteiger partial charge in [-0.15, -0.1) is 0 Å². The third-order valence-electron chi connectivity index (χ3n) is 8.99. The van der Waals surface area contributed by atoms with Gasteiger partial charge in [0, 0.05) is 45.1 Å². The molecule has 0 saturated carbocycles. The molecule has 0 N–H and O–H groups in total. The Morgan fingerprint density at radius 1 is 0.596 bits per heavy atom. The zero-order valence-electron chi connectivity index (χ0n) is 29.4. The Morgan fingerprint density at radius 3 is 1.42 bits per heavy atom. The van der Waals surface area contributed by atoms with Gasteiger partial charge in [0.25, 0.3) is 0 Å². The van der Waals surface area contributed by atoms with Crippen molar-refractivity contribution in [1.29, 1.82) is 0 Å². The van der Waals surface area contributed by atoms with Crippen LogP contribution in [-0.2, 0) is 10.3 Å². The summed E-state index contributed by atoms with van der Waals surface area (Å²) in [4.78, 5) is 18.1. The Bertz CT molecular complexity index is 2100. The van der Waals surface area contributed by atoms with Crippen LogP contribution in [0, 0.1) is 0 Å². The van der Waals surface area contributed by atoms with Crippen molar-refractivity contribution < 1.29 is 19.0 Å². The third-order valence-corrected chi connectivity index (χ3v) is 10.8. The van der Waals surface area contributed by atoms with E-state index in [1.54, 1.807) is 14.2 Å². The lowest BCUT2D eigenvalue weighted by molar-refractivity contribution is 0.0300. The van der Waals surface area contributed by atoms with Gasteiger partial charge < -0.3 is 24.0 Å². The molecule has 0 spiro atoms. The number of rotatable bonds is 10. The summed E-state index contributed by atoms with van der Waals surface area (Å²) in [6, 6.07) is 31.5. The van der Waals surface area contributed by atoms with Crippen molar-refractivity contribution in [2.45, 2.75) is 5.60 Å². The highest BCUT2D eigenvalue weighted by Gasteiger charge is 2.48. The van der Waals surface area contributed by atoms with Gasteiger partial charge in [-0.05, 0) is 94.1 Å². The number of carbonyl (C=O) groups excluding carboxylic acids is 1. The molecule has 5 aromatic rings. The van der Waals surface area contributed by atoms with Crippen LogP contribution in [-0.4, -0.2) is 48.4 Å². The van der Waals surface area contributed by atoms with E-state index in [0.717, 1.165) is 44.8 Å². The highest BCUT2D eigenvalue weighted by molar-refractivity contribution is 6.53. The third kappa shape index (κ3) is 7.09. The zero-order valence-corrected chi connectivity index (χ0v) is 32.5. The minimum Gasteiger partial charge on any atom is -0.497 e. The summed E-state index contributed by atoms with van der Waals surface area (Å²) in [5.74, 6) is 0.597. The molecule has 0 unspecified atom stereocenters. The van der Waals surface area contributed by atoms with Gasteiger partial charge in [0.15, 0.2) is 5.60 Å². The van der Waals surface area contributed by atoms with E-state index in [4.69, 9.17) is 60.6 Å². The average molecular weight is 775 g/mol. The van der Waals surface area contributed by atoms with E-state index >= 15 is 0 Å². The number of nitrogens with zero attached hydrogens (tertiary/aromatic N) is 2. The molecule has 1 heterocycles. The number of carbonyl (C=O) groups is 1. The minimum atomic E-state index is -1.65. The molecule has 0 fully saturated rings. The Kier molecular flexibility index (Phi) is 10.8. The summed E-state index contributed by atoms with van der Waals surface area (Å²) in [5.41, 5.74) is 5.43. The molecule has 6 nitrogen and oxygen atoms in total. The van der Waals surface area contributed by atoms with Crippen molar-refractivity contribution in [3.63, 3.8) is 0 Å². The van der Waals surface area contributed by atoms with E-state index < -0.39 is 11.6 Å². The fourth-order valence-corrected chi connectivity index (χ4v) is 7.32. The van der Waals surface area contributed by atoms with Gasteiger partial charge in [0.05, 0.1) is 39.9 Å². The quantitative estimate of drug-likeness (QED) is 0.0800. The van der Waals surface area contributed by atoms with Crippen molar-refractivity contribution in [1.82, 2.24) is 0 Å². The molecule has 266 valence electrons. The molecule has 0 bridgehead atoms. The normalized spacial score (nSPS) is 15.6. The highest BCUT2D eigenvalue weighted by Crippen LogP contribution is 2.53. The topological polar surface area (TPSA) is 51.2 Å². The molecule has 0 radical (unpaired) electrons. The van der Waals surface area contributed by atoms with Gasteiger partial charge in [0.1, 0.15) is 11.5 Å². The minimum absolute atomic E-state index is 0.00749. The predicted octanol–water partition coefficient (Wildman–Crippen LogP) is 11.1. The van der Waals surface area contributed by atoms with Crippen molar-refractivity contribution in [2.24, 2.45) is 0 Å². The maximum atomic E-state index is 14.1. The number of hydrogen-bond donors (Lipinski definition) is 0. The van der Waals surface area contributed by atoms with Crippen LogP contribution in [0.15, 0.2) is 109 Å². The van der Waals surface area contributed by atoms with E-state index in [0.29, 0.717) is 11.5 Å². The summed E-state index contributed by atoms with van der Waals surface area (Å²) < 4.78 is 17.8. The highest BCUT2D eigenvalue weighted by atomic mass is 35.5. The first-order valence-electron chi connectivity index (χ1n) is 16.3. The molecule has 5 aromatic carbocycles. The Balaban J connectivity index is 1.76. The lowest BCUT2D eigenvalue weighted by Gasteiger charge is -2.27. The van der Waals surface area contributed by atoms with Crippen LogP contribution in [0.1, 0.15) is 38.2 Å². The fraction of sp³-hybridized carbons (Fsp3) is 0.167. The van der Waals surface area contributed by atoms with Crippen LogP contribution < -0.4 is 19.3 Å². The van der Waals surface area contributed by atoms with Gasteiger partial charge in [0.2, 0.25) is 0 Å².